The molecule has 0 aliphatic carbocycles. The van der Waals surface area contributed by atoms with Gasteiger partial charge in [0.25, 0.3) is 0 Å². The fourth-order valence-electron chi connectivity index (χ4n) is 2.30. The molecule has 0 saturated carbocycles. The molecule has 2 rings (SSSR count). The molecule has 4 heteroatoms. The molecular weight excluding hydrogens is 283 g/mol. The molecule has 1 aromatic carbocycles. The average Bonchev–Trinajstić information content (AvgIpc) is 2.35. The highest BCUT2D eigenvalue weighted by atomic mass is 79.9. The van der Waals surface area contributed by atoms with Gasteiger partial charge in [0.05, 0.1) is 11.5 Å². The maximum absolute atomic E-state index is 13.7. The van der Waals surface area contributed by atoms with Gasteiger partial charge in [-0.05, 0) is 49.6 Å². The molecule has 1 unspecified atom stereocenters. The number of piperidine rings is 1. The third-order valence-electron chi connectivity index (χ3n) is 3.25. The van der Waals surface area contributed by atoms with E-state index in [0.717, 1.165) is 23.9 Å². The fourth-order valence-corrected chi connectivity index (χ4v) is 2.71. The Morgan fingerprint density at radius 1 is 1.53 bits per heavy atom. The summed E-state index contributed by atoms with van der Waals surface area (Å²) in [5.74, 6) is -0.228. The van der Waals surface area contributed by atoms with Gasteiger partial charge in [0.15, 0.2) is 0 Å². The summed E-state index contributed by atoms with van der Waals surface area (Å²) in [5.41, 5.74) is 0.157. The molecule has 0 aromatic heterocycles. The van der Waals surface area contributed by atoms with Gasteiger partial charge in [-0.2, -0.15) is 5.26 Å². The van der Waals surface area contributed by atoms with Crippen molar-refractivity contribution in [3.8, 4) is 6.07 Å². The van der Waals surface area contributed by atoms with Crippen molar-refractivity contribution in [2.75, 3.05) is 13.1 Å². The highest BCUT2D eigenvalue weighted by molar-refractivity contribution is 9.10. The van der Waals surface area contributed by atoms with Crippen LogP contribution in [-0.2, 0) is 6.42 Å². The van der Waals surface area contributed by atoms with Crippen LogP contribution in [0.15, 0.2) is 22.7 Å². The van der Waals surface area contributed by atoms with E-state index in [1.54, 1.807) is 12.1 Å². The van der Waals surface area contributed by atoms with Gasteiger partial charge in [0.1, 0.15) is 5.82 Å². The minimum Gasteiger partial charge on any atom is -0.315 e. The molecule has 0 spiro atoms. The lowest BCUT2D eigenvalue weighted by Gasteiger charge is -2.31. The van der Waals surface area contributed by atoms with Crippen LogP contribution in [0.3, 0.4) is 0 Å². The zero-order chi connectivity index (χ0) is 12.3. The second kappa shape index (κ2) is 5.16. The van der Waals surface area contributed by atoms with E-state index < -0.39 is 5.41 Å². The Balaban J connectivity index is 2.23. The van der Waals surface area contributed by atoms with E-state index in [9.17, 15) is 9.65 Å². The first-order valence-corrected chi connectivity index (χ1v) is 6.50. The molecule has 17 heavy (non-hydrogen) atoms. The number of nitriles is 1. The quantitative estimate of drug-likeness (QED) is 0.911. The Hall–Kier alpha value is -0.920. The minimum atomic E-state index is -0.458. The van der Waals surface area contributed by atoms with Crippen LogP contribution in [0.25, 0.3) is 0 Å². The molecule has 1 heterocycles. The SMILES string of the molecule is N#CC1(Cc2cc(Br)ccc2F)CCCNC1. The van der Waals surface area contributed by atoms with E-state index in [-0.39, 0.29) is 5.82 Å². The maximum atomic E-state index is 13.7. The van der Waals surface area contributed by atoms with Gasteiger partial charge in [-0.3, -0.25) is 0 Å². The van der Waals surface area contributed by atoms with Crippen LogP contribution < -0.4 is 5.32 Å². The molecule has 1 aliphatic heterocycles. The first-order chi connectivity index (χ1) is 8.15. The Morgan fingerprint density at radius 2 is 2.35 bits per heavy atom. The monoisotopic (exact) mass is 296 g/mol. The van der Waals surface area contributed by atoms with Crippen molar-refractivity contribution in [2.45, 2.75) is 19.3 Å². The molecule has 90 valence electrons. The topological polar surface area (TPSA) is 35.8 Å². The molecule has 1 saturated heterocycles. The zero-order valence-corrected chi connectivity index (χ0v) is 11.1. The molecule has 1 atom stereocenters. The summed E-state index contributed by atoms with van der Waals surface area (Å²) in [7, 11) is 0. The highest BCUT2D eigenvalue weighted by Gasteiger charge is 2.33. The second-order valence-electron chi connectivity index (χ2n) is 4.58. The average molecular weight is 297 g/mol. The Labute approximate surface area is 109 Å². The van der Waals surface area contributed by atoms with Crippen molar-refractivity contribution in [1.29, 1.82) is 5.26 Å². The number of hydrogen-bond acceptors (Lipinski definition) is 2. The molecule has 1 N–H and O–H groups in total. The number of halogens is 2. The number of nitrogens with one attached hydrogen (secondary N) is 1. The summed E-state index contributed by atoms with van der Waals surface area (Å²) in [6, 6.07) is 7.26. The van der Waals surface area contributed by atoms with Crippen LogP contribution >= 0.6 is 15.9 Å². The first-order valence-electron chi connectivity index (χ1n) is 5.71. The van der Waals surface area contributed by atoms with E-state index >= 15 is 0 Å². The fraction of sp³-hybridized carbons (Fsp3) is 0.462. The lowest BCUT2D eigenvalue weighted by atomic mass is 9.77. The number of rotatable bonds is 2. The molecule has 0 bridgehead atoms. The predicted octanol–water partition coefficient (Wildman–Crippen LogP) is 3.02. The minimum absolute atomic E-state index is 0.228. The van der Waals surface area contributed by atoms with Crippen molar-refractivity contribution < 1.29 is 4.39 Å². The Bertz CT molecular complexity index is 447. The Kier molecular flexibility index (Phi) is 3.80. The van der Waals surface area contributed by atoms with E-state index in [1.165, 1.54) is 6.07 Å². The van der Waals surface area contributed by atoms with Gasteiger partial charge < -0.3 is 5.32 Å². The predicted molar refractivity (Wildman–Crippen MR) is 68.0 cm³/mol. The normalized spacial score (nSPS) is 24.3. The summed E-state index contributed by atoms with van der Waals surface area (Å²) in [5, 5.41) is 12.6. The number of benzene rings is 1. The summed E-state index contributed by atoms with van der Waals surface area (Å²) < 4.78 is 14.5. The van der Waals surface area contributed by atoms with Gasteiger partial charge in [-0.25, -0.2) is 4.39 Å². The Morgan fingerprint density at radius 3 is 3.00 bits per heavy atom. The largest absolute Gasteiger partial charge is 0.315 e. The molecule has 1 aliphatic rings. The lowest BCUT2D eigenvalue weighted by molar-refractivity contribution is 0.283. The summed E-state index contributed by atoms with van der Waals surface area (Å²) in [6.45, 7) is 1.60. The number of nitrogens with zero attached hydrogens (tertiary/aromatic N) is 1. The van der Waals surface area contributed by atoms with Crippen LogP contribution in [0.4, 0.5) is 4.39 Å². The number of hydrogen-bond donors (Lipinski definition) is 1. The molecule has 1 fully saturated rings. The third kappa shape index (κ3) is 2.85. The van der Waals surface area contributed by atoms with Crippen LogP contribution in [-0.4, -0.2) is 13.1 Å². The van der Waals surface area contributed by atoms with Crippen molar-refractivity contribution in [3.63, 3.8) is 0 Å². The summed E-state index contributed by atoms with van der Waals surface area (Å²) in [6.07, 6.45) is 2.29. The van der Waals surface area contributed by atoms with Crippen molar-refractivity contribution in [1.82, 2.24) is 5.32 Å². The zero-order valence-electron chi connectivity index (χ0n) is 9.47. The van der Waals surface area contributed by atoms with Gasteiger partial charge in [-0.1, -0.05) is 15.9 Å². The van der Waals surface area contributed by atoms with Gasteiger partial charge in [-0.15, -0.1) is 0 Å². The molecule has 0 radical (unpaired) electrons. The van der Waals surface area contributed by atoms with Gasteiger partial charge >= 0.3 is 0 Å². The van der Waals surface area contributed by atoms with E-state index in [0.29, 0.717) is 18.5 Å². The summed E-state index contributed by atoms with van der Waals surface area (Å²) >= 11 is 3.34. The highest BCUT2D eigenvalue weighted by Crippen LogP contribution is 2.31. The first kappa shape index (κ1) is 12.5. The smallest absolute Gasteiger partial charge is 0.126 e. The van der Waals surface area contributed by atoms with Crippen molar-refractivity contribution >= 4 is 15.9 Å². The van der Waals surface area contributed by atoms with Gasteiger partial charge in [0.2, 0.25) is 0 Å². The van der Waals surface area contributed by atoms with Crippen LogP contribution in [0.1, 0.15) is 18.4 Å². The van der Waals surface area contributed by atoms with E-state index in [4.69, 9.17) is 0 Å². The second-order valence-corrected chi connectivity index (χ2v) is 5.50. The molecule has 0 amide bonds. The van der Waals surface area contributed by atoms with E-state index in [1.807, 2.05) is 0 Å². The molecule has 2 nitrogen and oxygen atoms in total. The van der Waals surface area contributed by atoms with Crippen LogP contribution in [0.5, 0.6) is 0 Å². The summed E-state index contributed by atoms with van der Waals surface area (Å²) in [4.78, 5) is 0. The van der Waals surface area contributed by atoms with E-state index in [2.05, 4.69) is 27.3 Å². The standard InChI is InChI=1S/C13H14BrFN2/c14-11-2-3-12(15)10(6-11)7-13(8-16)4-1-5-17-9-13/h2-3,6,17H,1,4-5,7,9H2. The van der Waals surface area contributed by atoms with Gasteiger partial charge in [0, 0.05) is 11.0 Å². The van der Waals surface area contributed by atoms with Crippen LogP contribution in [0, 0.1) is 22.6 Å². The third-order valence-corrected chi connectivity index (χ3v) is 3.74. The van der Waals surface area contributed by atoms with Crippen LogP contribution in [0.2, 0.25) is 0 Å². The van der Waals surface area contributed by atoms with Crippen molar-refractivity contribution in [2.24, 2.45) is 5.41 Å². The maximum Gasteiger partial charge on any atom is 0.126 e. The molecule has 1 aromatic rings. The lowest BCUT2D eigenvalue weighted by Crippen LogP contribution is -2.40. The molecular formula is C13H14BrFN2. The van der Waals surface area contributed by atoms with Crippen molar-refractivity contribution in [3.05, 3.63) is 34.1 Å².